The minimum atomic E-state index is -3.98. The molecule has 2 amide bonds. The number of hydrogen-bond acceptors (Lipinski definition) is 5. The predicted molar refractivity (Wildman–Crippen MR) is 120 cm³/mol. The first kappa shape index (κ1) is 21.7. The van der Waals surface area contributed by atoms with E-state index in [4.69, 9.17) is 22.1 Å². The summed E-state index contributed by atoms with van der Waals surface area (Å²) in [6.45, 7) is -0.229. The molecule has 0 spiro atoms. The lowest BCUT2D eigenvalue weighted by atomic mass is 10.2. The molecule has 0 fully saturated rings. The molecule has 4 rings (SSSR count). The van der Waals surface area contributed by atoms with Gasteiger partial charge in [0.25, 0.3) is 15.9 Å². The highest BCUT2D eigenvalue weighted by molar-refractivity contribution is 7.92. The van der Waals surface area contributed by atoms with Crippen molar-refractivity contribution >= 4 is 44.8 Å². The van der Waals surface area contributed by atoms with Gasteiger partial charge in [-0.15, -0.1) is 0 Å². The van der Waals surface area contributed by atoms with Crippen LogP contribution in [0.4, 0.5) is 11.4 Å². The van der Waals surface area contributed by atoms with Crippen molar-refractivity contribution in [2.24, 2.45) is 5.73 Å². The molecule has 8 nitrogen and oxygen atoms in total. The smallest absolute Gasteiger partial charge is 0.267 e. The molecule has 1 atom stereocenters. The number of ether oxygens (including phenoxy) is 1. The van der Waals surface area contributed by atoms with Gasteiger partial charge < -0.3 is 15.8 Å². The van der Waals surface area contributed by atoms with Gasteiger partial charge in [0.05, 0.1) is 17.1 Å². The number of carbonyl (C=O) groups excluding carboxylic acids is 2. The van der Waals surface area contributed by atoms with E-state index < -0.39 is 27.9 Å². The van der Waals surface area contributed by atoms with Crippen LogP contribution >= 0.6 is 11.6 Å². The van der Waals surface area contributed by atoms with Crippen LogP contribution < -0.4 is 20.1 Å². The number of fused-ring (bicyclic) bond motifs is 1. The minimum Gasteiger partial charge on any atom is -0.476 e. The number of primary amides is 1. The Labute approximate surface area is 189 Å². The number of hydrogen-bond donors (Lipinski definition) is 2. The summed E-state index contributed by atoms with van der Waals surface area (Å²) in [6.07, 6.45) is -1.11. The number of sulfonamides is 1. The molecule has 3 aromatic rings. The lowest BCUT2D eigenvalue weighted by Crippen LogP contribution is -2.48. The van der Waals surface area contributed by atoms with Gasteiger partial charge in [-0.25, -0.2) is 8.42 Å². The third-order valence-corrected chi connectivity index (χ3v) is 6.91. The molecular weight excluding hydrogens is 454 g/mol. The van der Waals surface area contributed by atoms with Gasteiger partial charge in [-0.1, -0.05) is 23.7 Å². The van der Waals surface area contributed by atoms with E-state index >= 15 is 0 Å². The van der Waals surface area contributed by atoms with E-state index in [2.05, 4.69) is 5.32 Å². The van der Waals surface area contributed by atoms with Crippen LogP contribution in [-0.4, -0.2) is 32.9 Å². The zero-order chi connectivity index (χ0) is 22.9. The van der Waals surface area contributed by atoms with Crippen molar-refractivity contribution in [3.63, 3.8) is 0 Å². The van der Waals surface area contributed by atoms with E-state index in [9.17, 15) is 18.0 Å². The highest BCUT2D eigenvalue weighted by atomic mass is 35.5. The Morgan fingerprint density at radius 1 is 1.00 bits per heavy atom. The number of carbonyl (C=O) groups is 2. The third kappa shape index (κ3) is 4.25. The van der Waals surface area contributed by atoms with Gasteiger partial charge in [0.15, 0.2) is 6.10 Å². The van der Waals surface area contributed by atoms with Crippen molar-refractivity contribution in [3.8, 4) is 5.75 Å². The zero-order valence-corrected chi connectivity index (χ0v) is 18.1. The van der Waals surface area contributed by atoms with E-state index in [-0.39, 0.29) is 17.2 Å². The molecule has 0 saturated carbocycles. The average Bonchev–Trinajstić information content (AvgIpc) is 2.79. The standard InChI is InChI=1S/C22H18ClN3O5S/c23-15-7-11-17(12-8-15)32(29,30)26-13-20(31-19-4-2-1-3-18(19)26)22(28)25-16-9-5-14(6-10-16)21(24)27/h1-12,20H,13H2,(H2,24,27)(H,25,28)/t20-/m1/s1. The first-order valence-corrected chi connectivity index (χ1v) is 11.3. The Morgan fingerprint density at radius 3 is 2.31 bits per heavy atom. The molecule has 0 aliphatic carbocycles. The van der Waals surface area contributed by atoms with Crippen LogP contribution in [0.5, 0.6) is 5.75 Å². The lowest BCUT2D eigenvalue weighted by molar-refractivity contribution is -0.122. The minimum absolute atomic E-state index is 0.0415. The van der Waals surface area contributed by atoms with Gasteiger partial charge in [-0.2, -0.15) is 0 Å². The number of nitrogens with zero attached hydrogens (tertiary/aromatic N) is 1. The van der Waals surface area contributed by atoms with E-state index in [1.165, 1.54) is 48.5 Å². The summed E-state index contributed by atoms with van der Waals surface area (Å²) in [5, 5.41) is 3.08. The van der Waals surface area contributed by atoms with Crippen molar-refractivity contribution in [3.05, 3.63) is 83.4 Å². The second kappa shape index (κ2) is 8.52. The number of anilines is 2. The predicted octanol–water partition coefficient (Wildman–Crippen LogP) is 3.03. The van der Waals surface area contributed by atoms with Crippen LogP contribution in [0.1, 0.15) is 10.4 Å². The summed E-state index contributed by atoms with van der Waals surface area (Å²) in [6, 6.07) is 18.4. The van der Waals surface area contributed by atoms with Gasteiger partial charge >= 0.3 is 0 Å². The summed E-state index contributed by atoms with van der Waals surface area (Å²) in [4.78, 5) is 24.1. The first-order valence-electron chi connectivity index (χ1n) is 9.50. The summed E-state index contributed by atoms with van der Waals surface area (Å²) >= 11 is 5.89. The number of nitrogens with one attached hydrogen (secondary N) is 1. The van der Waals surface area contributed by atoms with E-state index in [1.54, 1.807) is 24.3 Å². The molecule has 10 heteroatoms. The summed E-state index contributed by atoms with van der Waals surface area (Å²) in [5.74, 6) is -0.860. The SMILES string of the molecule is NC(=O)c1ccc(NC(=O)[C@H]2CN(S(=O)(=O)c3ccc(Cl)cc3)c3ccccc3O2)cc1. The number of rotatable bonds is 5. The monoisotopic (exact) mass is 471 g/mol. The molecular formula is C22H18ClN3O5S. The molecule has 3 aromatic carbocycles. The molecule has 3 N–H and O–H groups in total. The van der Waals surface area contributed by atoms with Crippen molar-refractivity contribution < 1.29 is 22.7 Å². The Balaban J connectivity index is 1.62. The Morgan fingerprint density at radius 2 is 1.66 bits per heavy atom. The van der Waals surface area contributed by atoms with Crippen molar-refractivity contribution in [2.75, 3.05) is 16.2 Å². The topological polar surface area (TPSA) is 119 Å². The molecule has 0 unspecified atom stereocenters. The fourth-order valence-corrected chi connectivity index (χ4v) is 4.84. The quantitative estimate of drug-likeness (QED) is 0.592. The van der Waals surface area contributed by atoms with Gasteiger partial charge in [-0.05, 0) is 60.7 Å². The highest BCUT2D eigenvalue weighted by Crippen LogP contribution is 2.37. The lowest BCUT2D eigenvalue weighted by Gasteiger charge is -2.34. The van der Waals surface area contributed by atoms with Crippen LogP contribution in [0.15, 0.2) is 77.7 Å². The fourth-order valence-electron chi connectivity index (χ4n) is 3.24. The number of nitrogens with two attached hydrogens (primary N) is 1. The van der Waals surface area contributed by atoms with Crippen LogP contribution in [-0.2, 0) is 14.8 Å². The molecule has 0 bridgehead atoms. The maximum absolute atomic E-state index is 13.3. The van der Waals surface area contributed by atoms with Gasteiger partial charge in [0.1, 0.15) is 5.75 Å². The molecule has 0 saturated heterocycles. The normalized spacial score (nSPS) is 15.4. The van der Waals surface area contributed by atoms with Crippen LogP contribution in [0, 0.1) is 0 Å². The summed E-state index contributed by atoms with van der Waals surface area (Å²) < 4.78 is 33.6. The summed E-state index contributed by atoms with van der Waals surface area (Å²) in [7, 11) is -3.98. The first-order chi connectivity index (χ1) is 15.3. The number of benzene rings is 3. The highest BCUT2D eigenvalue weighted by Gasteiger charge is 2.37. The van der Waals surface area contributed by atoms with Gasteiger partial charge in [-0.3, -0.25) is 13.9 Å². The van der Waals surface area contributed by atoms with Crippen molar-refractivity contribution in [1.29, 1.82) is 0 Å². The third-order valence-electron chi connectivity index (χ3n) is 4.87. The number of para-hydroxylation sites is 2. The zero-order valence-electron chi connectivity index (χ0n) is 16.6. The molecule has 0 radical (unpaired) electrons. The second-order valence-electron chi connectivity index (χ2n) is 7.00. The average molecular weight is 472 g/mol. The van der Waals surface area contributed by atoms with Crippen molar-refractivity contribution in [2.45, 2.75) is 11.0 Å². The Kier molecular flexibility index (Phi) is 5.77. The molecule has 1 aliphatic rings. The largest absolute Gasteiger partial charge is 0.476 e. The summed E-state index contributed by atoms with van der Waals surface area (Å²) in [5.41, 5.74) is 6.26. The fraction of sp³-hybridized carbons (Fsp3) is 0.0909. The van der Waals surface area contributed by atoms with Gasteiger partial charge in [0.2, 0.25) is 5.91 Å². The molecule has 1 aliphatic heterocycles. The Bertz CT molecular complexity index is 1280. The number of amides is 2. The number of halogens is 1. The van der Waals surface area contributed by atoms with Crippen molar-refractivity contribution in [1.82, 2.24) is 0 Å². The molecule has 0 aromatic heterocycles. The van der Waals surface area contributed by atoms with Gasteiger partial charge in [0, 0.05) is 16.3 Å². The maximum Gasteiger partial charge on any atom is 0.267 e. The maximum atomic E-state index is 13.3. The molecule has 32 heavy (non-hydrogen) atoms. The second-order valence-corrected chi connectivity index (χ2v) is 9.29. The Hall–Kier alpha value is -3.56. The van der Waals surface area contributed by atoms with Crippen LogP contribution in [0.3, 0.4) is 0 Å². The van der Waals surface area contributed by atoms with E-state index in [0.29, 0.717) is 22.0 Å². The molecule has 1 heterocycles. The van der Waals surface area contributed by atoms with E-state index in [1.807, 2.05) is 0 Å². The molecule has 164 valence electrons. The van der Waals surface area contributed by atoms with E-state index in [0.717, 1.165) is 4.31 Å². The van der Waals surface area contributed by atoms with Crippen LogP contribution in [0.2, 0.25) is 5.02 Å². The van der Waals surface area contributed by atoms with Crippen LogP contribution in [0.25, 0.3) is 0 Å².